The minimum atomic E-state index is -0.682. The van der Waals surface area contributed by atoms with Crippen molar-refractivity contribution in [1.82, 2.24) is 10.2 Å². The number of aryl methyl sites for hydroxylation is 1. The number of rotatable bonds is 4. The van der Waals surface area contributed by atoms with Crippen LogP contribution in [0, 0.1) is 12.7 Å². The van der Waals surface area contributed by atoms with Gasteiger partial charge in [0.2, 0.25) is 5.91 Å². The van der Waals surface area contributed by atoms with E-state index in [1.165, 1.54) is 17.0 Å². The first-order valence-corrected chi connectivity index (χ1v) is 6.18. The van der Waals surface area contributed by atoms with Crippen molar-refractivity contribution in [2.75, 3.05) is 13.6 Å². The number of nitrogens with one attached hydrogen (secondary N) is 1. The number of amides is 2. The minimum absolute atomic E-state index is 0.0515. The second kappa shape index (κ2) is 6.31. The summed E-state index contributed by atoms with van der Waals surface area (Å²) in [6, 6.07) is 3.68. The van der Waals surface area contributed by atoms with Crippen LogP contribution in [-0.2, 0) is 4.79 Å². The maximum atomic E-state index is 13.6. The highest BCUT2D eigenvalue weighted by Crippen LogP contribution is 2.10. The molecule has 0 saturated carbocycles. The zero-order valence-electron chi connectivity index (χ0n) is 11.7. The number of nitrogens with zero attached hydrogens (tertiary/aromatic N) is 1. The maximum absolute atomic E-state index is 13.6. The Morgan fingerprint density at radius 3 is 2.58 bits per heavy atom. The van der Waals surface area contributed by atoms with E-state index >= 15 is 0 Å². The second-order valence-electron chi connectivity index (χ2n) is 4.53. The van der Waals surface area contributed by atoms with Crippen LogP contribution in [-0.4, -0.2) is 36.3 Å². The van der Waals surface area contributed by atoms with E-state index in [1.807, 2.05) is 6.92 Å². The molecule has 1 N–H and O–H groups in total. The molecule has 1 unspecified atom stereocenters. The molecule has 5 heteroatoms. The highest BCUT2D eigenvalue weighted by atomic mass is 19.1. The number of hydrogen-bond donors (Lipinski definition) is 1. The molecule has 1 aromatic rings. The molecule has 4 nitrogen and oxygen atoms in total. The van der Waals surface area contributed by atoms with E-state index in [-0.39, 0.29) is 11.5 Å². The van der Waals surface area contributed by atoms with Crippen LogP contribution in [0.3, 0.4) is 0 Å². The van der Waals surface area contributed by atoms with E-state index in [0.717, 1.165) is 5.56 Å². The highest BCUT2D eigenvalue weighted by Gasteiger charge is 2.20. The van der Waals surface area contributed by atoms with Crippen molar-refractivity contribution in [3.05, 3.63) is 35.1 Å². The Labute approximate surface area is 112 Å². The fraction of sp³-hybridized carbons (Fsp3) is 0.429. The standard InChI is InChI=1S/C14H19FN2O2/c1-5-17(4)14(19)10(3)16-13(18)11-7-6-9(2)8-12(11)15/h6-8,10H,5H2,1-4H3,(H,16,18). The predicted molar refractivity (Wildman–Crippen MR) is 71.4 cm³/mol. The summed E-state index contributed by atoms with van der Waals surface area (Å²) in [6.07, 6.45) is 0. The molecule has 0 heterocycles. The summed E-state index contributed by atoms with van der Waals surface area (Å²) < 4.78 is 13.6. The Balaban J connectivity index is 2.77. The van der Waals surface area contributed by atoms with Gasteiger partial charge in [0.05, 0.1) is 5.56 Å². The lowest BCUT2D eigenvalue weighted by atomic mass is 10.1. The average Bonchev–Trinajstić information content (AvgIpc) is 2.36. The van der Waals surface area contributed by atoms with Crippen molar-refractivity contribution in [2.24, 2.45) is 0 Å². The summed E-state index contributed by atoms with van der Waals surface area (Å²) in [5, 5.41) is 2.50. The predicted octanol–water partition coefficient (Wildman–Crippen LogP) is 1.73. The average molecular weight is 266 g/mol. The molecule has 0 spiro atoms. The zero-order valence-corrected chi connectivity index (χ0v) is 11.7. The SMILES string of the molecule is CCN(C)C(=O)C(C)NC(=O)c1ccc(C)cc1F. The van der Waals surface area contributed by atoms with Gasteiger partial charge in [0.25, 0.3) is 5.91 Å². The molecule has 0 bridgehead atoms. The largest absolute Gasteiger partial charge is 0.344 e. The molecule has 1 aromatic carbocycles. The summed E-state index contributed by atoms with van der Waals surface area (Å²) in [5.41, 5.74) is 0.688. The van der Waals surface area contributed by atoms with E-state index in [2.05, 4.69) is 5.32 Å². The first-order chi connectivity index (χ1) is 8.86. The Morgan fingerprint density at radius 2 is 2.05 bits per heavy atom. The van der Waals surface area contributed by atoms with E-state index in [9.17, 15) is 14.0 Å². The van der Waals surface area contributed by atoms with Crippen LogP contribution in [0.5, 0.6) is 0 Å². The molecule has 2 amide bonds. The molecule has 1 rings (SSSR count). The molecule has 104 valence electrons. The topological polar surface area (TPSA) is 49.4 Å². The molecule has 0 aliphatic carbocycles. The number of halogens is 1. The van der Waals surface area contributed by atoms with Crippen LogP contribution < -0.4 is 5.32 Å². The van der Waals surface area contributed by atoms with Crippen molar-refractivity contribution in [3.63, 3.8) is 0 Å². The summed E-state index contributed by atoms with van der Waals surface area (Å²) in [7, 11) is 1.65. The molecule has 0 radical (unpaired) electrons. The zero-order chi connectivity index (χ0) is 14.6. The van der Waals surface area contributed by atoms with Crippen LogP contribution in [0.15, 0.2) is 18.2 Å². The molecule has 19 heavy (non-hydrogen) atoms. The lowest BCUT2D eigenvalue weighted by molar-refractivity contribution is -0.131. The molecule has 0 fully saturated rings. The van der Waals surface area contributed by atoms with Gasteiger partial charge in [0, 0.05) is 13.6 Å². The van der Waals surface area contributed by atoms with Crippen LogP contribution in [0.25, 0.3) is 0 Å². The minimum Gasteiger partial charge on any atom is -0.344 e. The fourth-order valence-corrected chi connectivity index (χ4v) is 1.63. The van der Waals surface area contributed by atoms with Gasteiger partial charge < -0.3 is 10.2 Å². The summed E-state index contributed by atoms with van der Waals surface area (Å²) >= 11 is 0. The lowest BCUT2D eigenvalue weighted by Gasteiger charge is -2.20. The third kappa shape index (κ3) is 3.77. The third-order valence-corrected chi connectivity index (χ3v) is 2.94. The van der Waals surface area contributed by atoms with E-state index in [1.54, 1.807) is 27.0 Å². The Hall–Kier alpha value is -1.91. The van der Waals surface area contributed by atoms with Crippen LogP contribution >= 0.6 is 0 Å². The molecule has 0 aromatic heterocycles. The van der Waals surface area contributed by atoms with E-state index < -0.39 is 17.8 Å². The van der Waals surface area contributed by atoms with Gasteiger partial charge in [0.15, 0.2) is 0 Å². The number of benzene rings is 1. The first kappa shape index (κ1) is 15.1. The smallest absolute Gasteiger partial charge is 0.254 e. The fourth-order valence-electron chi connectivity index (χ4n) is 1.63. The quantitative estimate of drug-likeness (QED) is 0.902. The normalized spacial score (nSPS) is 11.8. The van der Waals surface area contributed by atoms with E-state index in [0.29, 0.717) is 6.54 Å². The number of hydrogen-bond acceptors (Lipinski definition) is 2. The van der Waals surface area contributed by atoms with Crippen LogP contribution in [0.2, 0.25) is 0 Å². The molecule has 0 saturated heterocycles. The molecule has 1 atom stereocenters. The Morgan fingerprint density at radius 1 is 1.42 bits per heavy atom. The number of carbonyl (C=O) groups is 2. The van der Waals surface area contributed by atoms with Gasteiger partial charge in [-0.1, -0.05) is 6.07 Å². The van der Waals surface area contributed by atoms with Gasteiger partial charge in [-0.05, 0) is 38.5 Å². The van der Waals surface area contributed by atoms with Gasteiger partial charge in [-0.15, -0.1) is 0 Å². The number of likely N-dealkylation sites (N-methyl/N-ethyl adjacent to an activating group) is 1. The first-order valence-electron chi connectivity index (χ1n) is 6.18. The van der Waals surface area contributed by atoms with Crippen LogP contribution in [0.4, 0.5) is 4.39 Å². The van der Waals surface area contributed by atoms with Gasteiger partial charge in [-0.2, -0.15) is 0 Å². The monoisotopic (exact) mass is 266 g/mol. The summed E-state index contributed by atoms with van der Waals surface area (Å²) in [5.74, 6) is -1.37. The van der Waals surface area contributed by atoms with Crippen LogP contribution in [0.1, 0.15) is 29.8 Å². The number of carbonyl (C=O) groups excluding carboxylic acids is 2. The highest BCUT2D eigenvalue weighted by molar-refractivity contribution is 5.97. The summed E-state index contributed by atoms with van der Waals surface area (Å²) in [6.45, 7) is 5.72. The van der Waals surface area contributed by atoms with Crippen molar-refractivity contribution >= 4 is 11.8 Å². The van der Waals surface area contributed by atoms with Gasteiger partial charge >= 0.3 is 0 Å². The van der Waals surface area contributed by atoms with Crippen molar-refractivity contribution in [2.45, 2.75) is 26.8 Å². The van der Waals surface area contributed by atoms with Crippen molar-refractivity contribution in [1.29, 1.82) is 0 Å². The van der Waals surface area contributed by atoms with Crippen molar-refractivity contribution in [3.8, 4) is 0 Å². The lowest BCUT2D eigenvalue weighted by Crippen LogP contribution is -2.45. The van der Waals surface area contributed by atoms with Crippen molar-refractivity contribution < 1.29 is 14.0 Å². The Kier molecular flexibility index (Phi) is 5.03. The molecule has 0 aliphatic rings. The van der Waals surface area contributed by atoms with Gasteiger partial charge in [0.1, 0.15) is 11.9 Å². The second-order valence-corrected chi connectivity index (χ2v) is 4.53. The maximum Gasteiger partial charge on any atom is 0.254 e. The van der Waals surface area contributed by atoms with Gasteiger partial charge in [-0.3, -0.25) is 9.59 Å². The third-order valence-electron chi connectivity index (χ3n) is 2.94. The van der Waals surface area contributed by atoms with E-state index in [4.69, 9.17) is 0 Å². The Bertz CT molecular complexity index is 488. The molecular weight excluding hydrogens is 247 g/mol. The molecular formula is C14H19FN2O2. The van der Waals surface area contributed by atoms with Gasteiger partial charge in [-0.25, -0.2) is 4.39 Å². The summed E-state index contributed by atoms with van der Waals surface area (Å²) in [4.78, 5) is 25.2. The molecule has 0 aliphatic heterocycles.